The molecule has 2 N–H and O–H groups in total. The normalized spacial score (nSPS) is 14.7. The van der Waals surface area contributed by atoms with Crippen molar-refractivity contribution >= 4 is 34.5 Å². The maximum Gasteiger partial charge on any atom is 0.308 e. The molecule has 5 nitrogen and oxygen atoms in total. The second-order valence-electron chi connectivity index (χ2n) is 9.96. The second kappa shape index (κ2) is 12.0. The molecule has 3 rings (SSSR count). The van der Waals surface area contributed by atoms with Crippen LogP contribution >= 0.6 is 11.6 Å². The predicted molar refractivity (Wildman–Crippen MR) is 142 cm³/mol. The van der Waals surface area contributed by atoms with Crippen molar-refractivity contribution in [3.63, 3.8) is 0 Å². The Balaban J connectivity index is 1.96. The topological polar surface area (TPSA) is 79.7 Å². The quantitative estimate of drug-likeness (QED) is 0.268. The number of carbonyl (C=O) groups is 1. The number of rotatable bonds is 9. The SMILES string of the molecule is CC(Cl)Cc1nc2ccccc2c(-c2ccc(F)cc2)c1C=C[C@@H](O)C[C@@H](O)CC(=O)OC(C)(C)C. The zero-order chi connectivity index (χ0) is 26.5. The first-order valence-corrected chi connectivity index (χ1v) is 12.4. The van der Waals surface area contributed by atoms with E-state index in [1.807, 2.05) is 31.2 Å². The minimum absolute atomic E-state index is 0.0378. The molecule has 0 bridgehead atoms. The van der Waals surface area contributed by atoms with Gasteiger partial charge in [0, 0.05) is 34.7 Å². The molecule has 0 aliphatic heterocycles. The lowest BCUT2D eigenvalue weighted by atomic mass is 9.92. The number of aromatic nitrogens is 1. The number of aliphatic hydroxyl groups is 2. The first-order chi connectivity index (χ1) is 16.9. The van der Waals surface area contributed by atoms with E-state index in [1.165, 1.54) is 12.1 Å². The van der Waals surface area contributed by atoms with E-state index in [-0.39, 0.29) is 24.0 Å². The fraction of sp³-hybridized carbons (Fsp3) is 0.379. The largest absolute Gasteiger partial charge is 0.460 e. The summed E-state index contributed by atoms with van der Waals surface area (Å²) in [6.45, 7) is 7.14. The summed E-state index contributed by atoms with van der Waals surface area (Å²) in [5, 5.41) is 21.6. The zero-order valence-corrected chi connectivity index (χ0v) is 21.8. The summed E-state index contributed by atoms with van der Waals surface area (Å²) in [6, 6.07) is 13.9. The van der Waals surface area contributed by atoms with Gasteiger partial charge in [-0.05, 0) is 51.5 Å². The molecule has 0 saturated heterocycles. The fourth-order valence-corrected chi connectivity index (χ4v) is 4.18. The average molecular weight is 514 g/mol. The molecule has 2 aromatic carbocycles. The Labute approximate surface area is 216 Å². The first kappa shape index (κ1) is 27.8. The number of nitrogens with zero attached hydrogens (tertiary/aromatic N) is 1. The standard InChI is InChI=1S/C29H33ClFNO4/c1-18(30)15-26-24(14-13-21(33)16-22(34)17-27(35)36-29(2,3)4)28(19-9-11-20(31)12-10-19)23-7-5-6-8-25(23)32-26/h5-14,18,21-22,33-34H,15-17H2,1-4H3/t18?,21-,22-/m1/s1. The van der Waals surface area contributed by atoms with Gasteiger partial charge in [-0.2, -0.15) is 0 Å². The van der Waals surface area contributed by atoms with Crippen LogP contribution in [-0.2, 0) is 16.0 Å². The van der Waals surface area contributed by atoms with Crippen LogP contribution in [0.2, 0.25) is 0 Å². The van der Waals surface area contributed by atoms with Gasteiger partial charge in [0.05, 0.1) is 29.8 Å². The molecular weight excluding hydrogens is 481 g/mol. The maximum atomic E-state index is 13.7. The highest BCUT2D eigenvalue weighted by atomic mass is 35.5. The Morgan fingerprint density at radius 2 is 1.81 bits per heavy atom. The molecule has 3 atom stereocenters. The Morgan fingerprint density at radius 1 is 1.14 bits per heavy atom. The molecule has 36 heavy (non-hydrogen) atoms. The number of esters is 1. The smallest absolute Gasteiger partial charge is 0.308 e. The summed E-state index contributed by atoms with van der Waals surface area (Å²) in [4.78, 5) is 16.8. The maximum absolute atomic E-state index is 13.7. The number of ether oxygens (including phenoxy) is 1. The van der Waals surface area contributed by atoms with Crippen molar-refractivity contribution in [1.29, 1.82) is 0 Å². The Bertz CT molecular complexity index is 1220. The molecular formula is C29H33ClFNO4. The summed E-state index contributed by atoms with van der Waals surface area (Å²) < 4.78 is 18.9. The van der Waals surface area contributed by atoms with E-state index in [0.29, 0.717) is 6.42 Å². The fourth-order valence-electron chi connectivity index (χ4n) is 4.03. The minimum Gasteiger partial charge on any atom is -0.460 e. The molecule has 192 valence electrons. The number of hydrogen-bond donors (Lipinski definition) is 2. The van der Waals surface area contributed by atoms with Gasteiger partial charge in [-0.1, -0.05) is 42.5 Å². The van der Waals surface area contributed by atoms with E-state index in [1.54, 1.807) is 45.1 Å². The Kier molecular flexibility index (Phi) is 9.23. The molecule has 0 radical (unpaired) electrons. The molecule has 0 saturated carbocycles. The number of benzene rings is 2. The Morgan fingerprint density at radius 3 is 2.44 bits per heavy atom. The van der Waals surface area contributed by atoms with Crippen LogP contribution in [0.3, 0.4) is 0 Å². The summed E-state index contributed by atoms with van der Waals surface area (Å²) in [5.74, 6) is -0.861. The molecule has 0 amide bonds. The third-order valence-electron chi connectivity index (χ3n) is 5.44. The number of hydrogen-bond acceptors (Lipinski definition) is 5. The van der Waals surface area contributed by atoms with E-state index in [4.69, 9.17) is 21.3 Å². The number of para-hydroxylation sites is 1. The van der Waals surface area contributed by atoms with Gasteiger partial charge in [0.25, 0.3) is 0 Å². The van der Waals surface area contributed by atoms with Gasteiger partial charge in [0.1, 0.15) is 11.4 Å². The second-order valence-corrected chi connectivity index (χ2v) is 10.7. The number of aliphatic hydroxyl groups excluding tert-OH is 2. The van der Waals surface area contributed by atoms with Crippen LogP contribution < -0.4 is 0 Å². The van der Waals surface area contributed by atoms with Crippen molar-refractivity contribution in [2.75, 3.05) is 0 Å². The number of alkyl halides is 1. The lowest BCUT2D eigenvalue weighted by molar-refractivity contribution is -0.157. The number of pyridine rings is 1. The van der Waals surface area contributed by atoms with Crippen LogP contribution in [-0.4, -0.2) is 44.4 Å². The van der Waals surface area contributed by atoms with Crippen molar-refractivity contribution in [2.24, 2.45) is 0 Å². The molecule has 0 fully saturated rings. The predicted octanol–water partition coefficient (Wildman–Crippen LogP) is 6.07. The zero-order valence-electron chi connectivity index (χ0n) is 21.0. The van der Waals surface area contributed by atoms with Crippen molar-refractivity contribution < 1.29 is 24.1 Å². The lowest BCUT2D eigenvalue weighted by Gasteiger charge is -2.21. The van der Waals surface area contributed by atoms with Crippen molar-refractivity contribution in [3.8, 4) is 11.1 Å². The lowest BCUT2D eigenvalue weighted by Crippen LogP contribution is -2.27. The van der Waals surface area contributed by atoms with E-state index >= 15 is 0 Å². The van der Waals surface area contributed by atoms with Gasteiger partial charge in [0.2, 0.25) is 0 Å². The summed E-state index contributed by atoms with van der Waals surface area (Å²) >= 11 is 6.34. The third kappa shape index (κ3) is 7.85. The van der Waals surface area contributed by atoms with Gasteiger partial charge in [-0.3, -0.25) is 9.78 Å². The number of fused-ring (bicyclic) bond motifs is 1. The van der Waals surface area contributed by atoms with E-state index in [2.05, 4.69) is 0 Å². The van der Waals surface area contributed by atoms with E-state index < -0.39 is 23.8 Å². The molecule has 0 aliphatic rings. The van der Waals surface area contributed by atoms with Crippen LogP contribution in [0.25, 0.3) is 28.1 Å². The molecule has 1 unspecified atom stereocenters. The van der Waals surface area contributed by atoms with Crippen LogP contribution in [0.15, 0.2) is 54.6 Å². The highest BCUT2D eigenvalue weighted by molar-refractivity contribution is 6.20. The van der Waals surface area contributed by atoms with Crippen LogP contribution in [0.5, 0.6) is 0 Å². The monoisotopic (exact) mass is 513 g/mol. The summed E-state index contributed by atoms with van der Waals surface area (Å²) in [6.07, 6.45) is 1.48. The van der Waals surface area contributed by atoms with Gasteiger partial charge in [-0.15, -0.1) is 11.6 Å². The van der Waals surface area contributed by atoms with Gasteiger partial charge in [0.15, 0.2) is 0 Å². The van der Waals surface area contributed by atoms with Crippen LogP contribution in [0, 0.1) is 5.82 Å². The molecule has 7 heteroatoms. The van der Waals surface area contributed by atoms with Gasteiger partial charge in [-0.25, -0.2) is 4.39 Å². The summed E-state index contributed by atoms with van der Waals surface area (Å²) in [7, 11) is 0. The van der Waals surface area contributed by atoms with Crippen LogP contribution in [0.4, 0.5) is 4.39 Å². The van der Waals surface area contributed by atoms with E-state index in [0.717, 1.165) is 33.3 Å². The number of carbonyl (C=O) groups excluding carboxylic acids is 1. The van der Waals surface area contributed by atoms with Gasteiger partial charge >= 0.3 is 5.97 Å². The van der Waals surface area contributed by atoms with Crippen molar-refractivity contribution in [3.05, 3.63) is 71.7 Å². The van der Waals surface area contributed by atoms with Crippen molar-refractivity contribution in [2.45, 2.75) is 70.1 Å². The molecule has 1 heterocycles. The van der Waals surface area contributed by atoms with Gasteiger partial charge < -0.3 is 14.9 Å². The average Bonchev–Trinajstić information content (AvgIpc) is 2.76. The molecule has 1 aromatic heterocycles. The number of halogens is 2. The van der Waals surface area contributed by atoms with Crippen molar-refractivity contribution in [1.82, 2.24) is 4.98 Å². The summed E-state index contributed by atoms with van der Waals surface area (Å²) in [5.41, 5.74) is 3.30. The third-order valence-corrected chi connectivity index (χ3v) is 5.59. The Hall–Kier alpha value is -2.80. The molecule has 0 spiro atoms. The van der Waals surface area contributed by atoms with Crippen LogP contribution in [0.1, 0.15) is 51.8 Å². The highest BCUT2D eigenvalue weighted by Gasteiger charge is 2.21. The first-order valence-electron chi connectivity index (χ1n) is 12.0. The molecule has 3 aromatic rings. The molecule has 0 aliphatic carbocycles. The highest BCUT2D eigenvalue weighted by Crippen LogP contribution is 2.35. The minimum atomic E-state index is -1.06. The van der Waals surface area contributed by atoms with E-state index in [9.17, 15) is 19.4 Å².